The normalized spacial score (nSPS) is 26.6. The fraction of sp³-hybridized carbons (Fsp3) is 0.533. The number of halogens is 3. The van der Waals surface area contributed by atoms with Crippen molar-refractivity contribution >= 4 is 10.0 Å². The van der Waals surface area contributed by atoms with Crippen LogP contribution in [-0.2, 0) is 16.2 Å². The van der Waals surface area contributed by atoms with Crippen molar-refractivity contribution in [3.05, 3.63) is 29.3 Å². The van der Waals surface area contributed by atoms with Crippen LogP contribution in [0.4, 0.5) is 13.2 Å². The number of nitriles is 1. The van der Waals surface area contributed by atoms with Gasteiger partial charge < -0.3 is 0 Å². The van der Waals surface area contributed by atoms with E-state index in [1.807, 2.05) is 0 Å². The lowest BCUT2D eigenvalue weighted by Crippen LogP contribution is -2.33. The van der Waals surface area contributed by atoms with E-state index in [4.69, 9.17) is 5.26 Å². The minimum absolute atomic E-state index is 0.129. The summed E-state index contributed by atoms with van der Waals surface area (Å²) >= 11 is 0. The molecule has 23 heavy (non-hydrogen) atoms. The third-order valence-corrected chi connectivity index (χ3v) is 6.97. The van der Waals surface area contributed by atoms with Gasteiger partial charge in [-0.05, 0) is 35.4 Å². The Labute approximate surface area is 132 Å². The van der Waals surface area contributed by atoms with Gasteiger partial charge in [-0.3, -0.25) is 0 Å². The number of fused-ring (bicyclic) bond motifs is 1. The van der Waals surface area contributed by atoms with E-state index in [2.05, 4.69) is 13.8 Å². The molecule has 0 aromatic heterocycles. The fourth-order valence-electron chi connectivity index (χ4n) is 3.46. The average Bonchev–Trinajstić information content (AvgIpc) is 2.83. The van der Waals surface area contributed by atoms with Gasteiger partial charge >= 0.3 is 6.18 Å². The lowest BCUT2D eigenvalue weighted by molar-refractivity contribution is -0.137. The molecule has 0 spiro atoms. The van der Waals surface area contributed by atoms with Gasteiger partial charge in [-0.25, -0.2) is 8.42 Å². The summed E-state index contributed by atoms with van der Waals surface area (Å²) in [6.07, 6.45) is -4.69. The third kappa shape index (κ3) is 2.42. The van der Waals surface area contributed by atoms with Gasteiger partial charge in [0.15, 0.2) is 0 Å². The molecule has 1 saturated carbocycles. The highest BCUT2D eigenvalue weighted by Gasteiger charge is 2.63. The molecule has 1 heterocycles. The molecule has 2 atom stereocenters. The summed E-state index contributed by atoms with van der Waals surface area (Å²) < 4.78 is 64.8. The highest BCUT2D eigenvalue weighted by atomic mass is 32.2. The lowest BCUT2D eigenvalue weighted by atomic mass is 10.1. The number of sulfonamides is 1. The van der Waals surface area contributed by atoms with Crippen LogP contribution in [0.15, 0.2) is 23.1 Å². The molecule has 0 bridgehead atoms. The molecule has 1 aromatic carbocycles. The molecule has 0 N–H and O–H groups in total. The monoisotopic (exact) mass is 344 g/mol. The molecular formula is C15H15F3N2O2S. The van der Waals surface area contributed by atoms with Gasteiger partial charge in [0.2, 0.25) is 10.0 Å². The molecule has 1 aromatic rings. The zero-order chi connectivity index (χ0) is 17.2. The first kappa shape index (κ1) is 16.3. The molecule has 1 aliphatic carbocycles. The Bertz CT molecular complexity index is 795. The van der Waals surface area contributed by atoms with Crippen LogP contribution in [0, 0.1) is 28.6 Å². The second-order valence-electron chi connectivity index (χ2n) is 6.67. The Kier molecular flexibility index (Phi) is 3.33. The van der Waals surface area contributed by atoms with Crippen LogP contribution in [0.1, 0.15) is 25.0 Å². The van der Waals surface area contributed by atoms with Crippen LogP contribution < -0.4 is 0 Å². The van der Waals surface area contributed by atoms with E-state index >= 15 is 0 Å². The SMILES string of the molecule is CC1(C)C2CN(S(=O)(=O)c3ccc(C(F)(F)F)c(C#N)c3)CC21. The maximum atomic E-state index is 12.8. The zero-order valence-electron chi connectivity index (χ0n) is 12.6. The highest BCUT2D eigenvalue weighted by molar-refractivity contribution is 7.89. The molecule has 8 heteroatoms. The molecule has 2 unspecified atom stereocenters. The molecule has 1 saturated heterocycles. The molecule has 1 aliphatic heterocycles. The number of rotatable bonds is 2. The second-order valence-corrected chi connectivity index (χ2v) is 8.61. The summed E-state index contributed by atoms with van der Waals surface area (Å²) in [5, 5.41) is 8.90. The molecule has 124 valence electrons. The number of benzene rings is 1. The molecule has 3 rings (SSSR count). The molecule has 4 nitrogen and oxygen atoms in total. The Hall–Kier alpha value is -1.59. The minimum atomic E-state index is -4.69. The Morgan fingerprint density at radius 1 is 1.26 bits per heavy atom. The van der Waals surface area contributed by atoms with Gasteiger partial charge in [0.1, 0.15) is 0 Å². The van der Waals surface area contributed by atoms with E-state index in [0.29, 0.717) is 31.0 Å². The number of alkyl halides is 3. The van der Waals surface area contributed by atoms with Crippen LogP contribution in [0.3, 0.4) is 0 Å². The first-order valence-electron chi connectivity index (χ1n) is 7.11. The van der Waals surface area contributed by atoms with E-state index in [-0.39, 0.29) is 10.3 Å². The summed E-state index contributed by atoms with van der Waals surface area (Å²) in [7, 11) is -3.87. The van der Waals surface area contributed by atoms with Crippen LogP contribution in [0.2, 0.25) is 0 Å². The van der Waals surface area contributed by atoms with Gasteiger partial charge in [-0.1, -0.05) is 13.8 Å². The average molecular weight is 344 g/mol. The summed E-state index contributed by atoms with van der Waals surface area (Å²) in [5.41, 5.74) is -1.67. The van der Waals surface area contributed by atoms with Crippen molar-refractivity contribution in [1.29, 1.82) is 5.26 Å². The van der Waals surface area contributed by atoms with Crippen molar-refractivity contribution < 1.29 is 21.6 Å². The smallest absolute Gasteiger partial charge is 0.207 e. The topological polar surface area (TPSA) is 61.2 Å². The number of piperidine rings is 1. The van der Waals surface area contributed by atoms with Gasteiger partial charge in [0, 0.05) is 13.1 Å². The van der Waals surface area contributed by atoms with E-state index < -0.39 is 27.3 Å². The maximum absolute atomic E-state index is 12.8. The van der Waals surface area contributed by atoms with Crippen molar-refractivity contribution in [2.45, 2.75) is 24.9 Å². The van der Waals surface area contributed by atoms with Crippen LogP contribution >= 0.6 is 0 Å². The second kappa shape index (κ2) is 4.71. The minimum Gasteiger partial charge on any atom is -0.207 e. The van der Waals surface area contributed by atoms with Gasteiger partial charge in [0.05, 0.1) is 22.1 Å². The standard InChI is InChI=1S/C15H15F3N2O2S/c1-14(2)12-7-20(8-13(12)14)23(21,22)10-3-4-11(15(16,17)18)9(5-10)6-19/h3-5,12-13H,7-8H2,1-2H3. The van der Waals surface area contributed by atoms with Crippen LogP contribution in [-0.4, -0.2) is 25.8 Å². The predicted octanol–water partition coefficient (Wildman–Crippen LogP) is 2.85. The van der Waals surface area contributed by atoms with Crippen molar-refractivity contribution in [2.24, 2.45) is 17.3 Å². The van der Waals surface area contributed by atoms with E-state index in [0.717, 1.165) is 12.1 Å². The number of hydrogen-bond acceptors (Lipinski definition) is 3. The van der Waals surface area contributed by atoms with E-state index in [1.54, 1.807) is 0 Å². The lowest BCUT2D eigenvalue weighted by Gasteiger charge is -2.22. The predicted molar refractivity (Wildman–Crippen MR) is 75.7 cm³/mol. The summed E-state index contributed by atoms with van der Waals surface area (Å²) in [6.45, 7) is 4.92. The maximum Gasteiger partial charge on any atom is 0.417 e. The van der Waals surface area contributed by atoms with Crippen molar-refractivity contribution in [2.75, 3.05) is 13.1 Å². The van der Waals surface area contributed by atoms with Gasteiger partial charge in [-0.2, -0.15) is 22.7 Å². The third-order valence-electron chi connectivity index (χ3n) is 5.14. The summed E-state index contributed by atoms with van der Waals surface area (Å²) in [4.78, 5) is -0.263. The van der Waals surface area contributed by atoms with Crippen molar-refractivity contribution in [1.82, 2.24) is 4.31 Å². The first-order valence-corrected chi connectivity index (χ1v) is 8.55. The molecule has 0 amide bonds. The largest absolute Gasteiger partial charge is 0.417 e. The summed E-state index contributed by atoms with van der Waals surface area (Å²) in [6, 6.07) is 3.83. The van der Waals surface area contributed by atoms with Gasteiger partial charge in [-0.15, -0.1) is 0 Å². The quantitative estimate of drug-likeness (QED) is 0.829. The Morgan fingerprint density at radius 2 is 1.83 bits per heavy atom. The number of nitrogens with zero attached hydrogens (tertiary/aromatic N) is 2. The van der Waals surface area contributed by atoms with Crippen molar-refractivity contribution in [3.8, 4) is 6.07 Å². The number of hydrogen-bond donors (Lipinski definition) is 0. The van der Waals surface area contributed by atoms with E-state index in [9.17, 15) is 21.6 Å². The Balaban J connectivity index is 1.92. The fourth-order valence-corrected chi connectivity index (χ4v) is 4.98. The highest BCUT2D eigenvalue weighted by Crippen LogP contribution is 2.62. The molecule has 2 fully saturated rings. The first-order chi connectivity index (χ1) is 10.5. The van der Waals surface area contributed by atoms with Gasteiger partial charge in [0.25, 0.3) is 0 Å². The molecular weight excluding hydrogens is 329 g/mol. The zero-order valence-corrected chi connectivity index (χ0v) is 13.4. The molecule has 2 aliphatic rings. The van der Waals surface area contributed by atoms with E-state index in [1.165, 1.54) is 10.4 Å². The summed E-state index contributed by atoms with van der Waals surface area (Å²) in [5.74, 6) is 0.587. The van der Waals surface area contributed by atoms with Crippen molar-refractivity contribution in [3.63, 3.8) is 0 Å². The van der Waals surface area contributed by atoms with Crippen LogP contribution in [0.5, 0.6) is 0 Å². The molecule has 0 radical (unpaired) electrons. The van der Waals surface area contributed by atoms with Crippen LogP contribution in [0.25, 0.3) is 0 Å². The Morgan fingerprint density at radius 3 is 2.30 bits per heavy atom.